The van der Waals surface area contributed by atoms with Gasteiger partial charge in [0.15, 0.2) is 5.65 Å². The predicted molar refractivity (Wildman–Crippen MR) is 105 cm³/mol. The molecule has 0 aliphatic carbocycles. The molecule has 2 N–H and O–H groups in total. The van der Waals surface area contributed by atoms with E-state index in [2.05, 4.69) is 30.0 Å². The fraction of sp³-hybridized carbons (Fsp3) is 0.111. The quantitative estimate of drug-likeness (QED) is 0.694. The first-order valence-electron chi connectivity index (χ1n) is 7.99. The molecule has 25 heavy (non-hydrogen) atoms. The van der Waals surface area contributed by atoms with Gasteiger partial charge in [-0.05, 0) is 30.6 Å². The minimum absolute atomic E-state index is 0.252. The normalized spacial score (nSPS) is 10.6. The molecule has 3 aromatic rings. The molecule has 0 fully saturated rings. The van der Waals surface area contributed by atoms with Crippen molar-refractivity contribution in [2.45, 2.75) is 6.32 Å². The number of aromatic nitrogens is 2. The Morgan fingerprint density at radius 1 is 1.36 bits per heavy atom. The lowest BCUT2D eigenvalue weighted by atomic mass is 10.0. The summed E-state index contributed by atoms with van der Waals surface area (Å²) >= 11 is 6.13. The largest absolute Gasteiger partial charge is 0.387 e. The summed E-state index contributed by atoms with van der Waals surface area (Å²) in [5, 5.41) is 6.34. The molecule has 1 aromatic carbocycles. The van der Waals surface area contributed by atoms with Crippen LogP contribution in [0, 0.1) is 0 Å². The molecule has 0 atom stereocenters. The maximum Gasteiger partial charge on any atom is 0.259 e. The highest BCUT2D eigenvalue weighted by atomic mass is 35.5. The molecule has 7 heteroatoms. The number of hydrogen-bond acceptors (Lipinski definition) is 3. The summed E-state index contributed by atoms with van der Waals surface area (Å²) in [6.45, 7) is 3.96. The molecule has 126 valence electrons. The number of para-hydroxylation sites is 1. The molecular weight excluding hydrogens is 334 g/mol. The number of carbonyl (C=O) groups is 1. The topological polar surface area (TPSA) is 58.4 Å². The second-order valence-corrected chi connectivity index (χ2v) is 5.98. The first-order chi connectivity index (χ1) is 12.0. The highest BCUT2D eigenvalue weighted by Gasteiger charge is 2.17. The lowest BCUT2D eigenvalue weighted by Crippen LogP contribution is -2.14. The molecular formula is C18H18BClN4O. The van der Waals surface area contributed by atoms with Gasteiger partial charge in [0.1, 0.15) is 7.85 Å². The van der Waals surface area contributed by atoms with Crippen molar-refractivity contribution >= 4 is 42.4 Å². The van der Waals surface area contributed by atoms with Crippen molar-refractivity contribution in [3.05, 3.63) is 71.1 Å². The van der Waals surface area contributed by atoms with Gasteiger partial charge in [0.05, 0.1) is 27.7 Å². The van der Waals surface area contributed by atoms with Gasteiger partial charge in [-0.15, -0.1) is 0 Å². The third kappa shape index (κ3) is 3.26. The molecule has 3 rings (SSSR count). The molecule has 0 aliphatic rings. The zero-order chi connectivity index (χ0) is 18.0. The van der Waals surface area contributed by atoms with Gasteiger partial charge in [0.25, 0.3) is 5.91 Å². The van der Waals surface area contributed by atoms with Gasteiger partial charge in [-0.2, -0.15) is 0 Å². The summed E-state index contributed by atoms with van der Waals surface area (Å²) in [5.41, 5.74) is 4.12. The van der Waals surface area contributed by atoms with Crippen molar-refractivity contribution in [3.8, 4) is 0 Å². The van der Waals surface area contributed by atoms with Crippen LogP contribution in [0.1, 0.15) is 21.7 Å². The Morgan fingerprint density at radius 2 is 2.12 bits per heavy atom. The smallest absolute Gasteiger partial charge is 0.259 e. The number of rotatable bonds is 5. The molecule has 5 nitrogen and oxygen atoms in total. The van der Waals surface area contributed by atoms with E-state index in [0.29, 0.717) is 27.6 Å². The van der Waals surface area contributed by atoms with E-state index in [-0.39, 0.29) is 5.91 Å². The minimum Gasteiger partial charge on any atom is -0.387 e. The van der Waals surface area contributed by atoms with E-state index < -0.39 is 0 Å². The van der Waals surface area contributed by atoms with E-state index in [4.69, 9.17) is 11.6 Å². The van der Waals surface area contributed by atoms with Gasteiger partial charge >= 0.3 is 0 Å². The number of anilines is 1. The lowest BCUT2D eigenvalue weighted by molar-refractivity contribution is 0.102. The average molecular weight is 353 g/mol. The average Bonchev–Trinajstić information content (AvgIpc) is 3.06. The van der Waals surface area contributed by atoms with Crippen LogP contribution in [0.4, 0.5) is 5.69 Å². The highest BCUT2D eigenvalue weighted by molar-refractivity contribution is 6.34. The summed E-state index contributed by atoms with van der Waals surface area (Å²) < 4.78 is 1.92. The summed E-state index contributed by atoms with van der Waals surface area (Å²) in [6, 6.07) is 10.9. The Kier molecular flexibility index (Phi) is 4.81. The van der Waals surface area contributed by atoms with Crippen molar-refractivity contribution < 1.29 is 4.79 Å². The third-order valence-electron chi connectivity index (χ3n) is 4.04. The fourth-order valence-electron chi connectivity index (χ4n) is 2.63. The molecule has 2 aromatic heterocycles. The van der Waals surface area contributed by atoms with E-state index >= 15 is 0 Å². The van der Waals surface area contributed by atoms with Crippen LogP contribution in [0.15, 0.2) is 49.2 Å². The van der Waals surface area contributed by atoms with Gasteiger partial charge in [-0.1, -0.05) is 30.3 Å². The highest BCUT2D eigenvalue weighted by Crippen LogP contribution is 2.23. The van der Waals surface area contributed by atoms with Crippen molar-refractivity contribution in [3.63, 3.8) is 0 Å². The van der Waals surface area contributed by atoms with Crippen LogP contribution >= 0.6 is 11.6 Å². The number of nitrogens with zero attached hydrogens (tertiary/aromatic N) is 2. The van der Waals surface area contributed by atoms with Crippen molar-refractivity contribution in [2.24, 2.45) is 0 Å². The number of fused-ring (bicyclic) bond motifs is 1. The van der Waals surface area contributed by atoms with Gasteiger partial charge in [-0.3, -0.25) is 4.79 Å². The second kappa shape index (κ2) is 7.03. The number of amides is 1. The van der Waals surface area contributed by atoms with E-state index in [0.717, 1.165) is 17.7 Å². The van der Waals surface area contributed by atoms with Crippen molar-refractivity contribution in [1.29, 1.82) is 0 Å². The molecule has 0 saturated heterocycles. The summed E-state index contributed by atoms with van der Waals surface area (Å²) in [4.78, 5) is 17.3. The standard InChI is InChI=1S/C18H18BClN4O/c1-11(21-2)16-9-12(10-19)24-8-7-13(17(24)22-16)18(25)23-15-6-4-3-5-14(15)20/h3-9,21H,1,10,19H2,2H3,(H,23,25). The van der Waals surface area contributed by atoms with Crippen LogP contribution in [0.2, 0.25) is 5.02 Å². The van der Waals surface area contributed by atoms with Crippen LogP contribution in [0.5, 0.6) is 0 Å². The van der Waals surface area contributed by atoms with Crippen LogP contribution in [-0.4, -0.2) is 30.2 Å². The number of carbonyl (C=O) groups excluding carboxylic acids is 1. The van der Waals surface area contributed by atoms with Crippen LogP contribution in [0.25, 0.3) is 11.3 Å². The number of halogens is 1. The number of benzene rings is 1. The zero-order valence-electron chi connectivity index (χ0n) is 14.1. The molecule has 0 saturated carbocycles. The lowest BCUT2D eigenvalue weighted by Gasteiger charge is -2.11. The Labute approximate surface area is 152 Å². The third-order valence-corrected chi connectivity index (χ3v) is 4.37. The predicted octanol–water partition coefficient (Wildman–Crippen LogP) is 2.56. The maximum absolute atomic E-state index is 12.7. The number of hydrogen-bond donors (Lipinski definition) is 2. The number of nitrogens with one attached hydrogen (secondary N) is 2. The van der Waals surface area contributed by atoms with Gasteiger partial charge < -0.3 is 15.0 Å². The summed E-state index contributed by atoms with van der Waals surface area (Å²) in [5.74, 6) is -0.252. The Hall–Kier alpha value is -2.73. The Morgan fingerprint density at radius 3 is 2.80 bits per heavy atom. The SMILES string of the molecule is BCc1cc(C(=C)NC)nc2c(C(=O)Nc3ccccc3Cl)ccn12. The van der Waals surface area contributed by atoms with E-state index in [1.807, 2.05) is 28.8 Å². The van der Waals surface area contributed by atoms with Crippen molar-refractivity contribution in [2.75, 3.05) is 12.4 Å². The van der Waals surface area contributed by atoms with Crippen molar-refractivity contribution in [1.82, 2.24) is 14.7 Å². The zero-order valence-corrected chi connectivity index (χ0v) is 14.9. The molecule has 0 unspecified atom stereocenters. The summed E-state index contributed by atoms with van der Waals surface area (Å²) in [7, 11) is 3.85. The van der Waals surface area contributed by atoms with Crippen LogP contribution in [0.3, 0.4) is 0 Å². The van der Waals surface area contributed by atoms with E-state index in [9.17, 15) is 4.79 Å². The molecule has 1 amide bonds. The first kappa shape index (κ1) is 17.1. The molecule has 0 bridgehead atoms. The van der Waals surface area contributed by atoms with Gasteiger partial charge in [0.2, 0.25) is 0 Å². The van der Waals surface area contributed by atoms with E-state index in [1.165, 1.54) is 0 Å². The Bertz CT molecular complexity index is 967. The Balaban J connectivity index is 2.05. The van der Waals surface area contributed by atoms with Crippen LogP contribution < -0.4 is 10.6 Å². The van der Waals surface area contributed by atoms with Gasteiger partial charge in [0, 0.05) is 18.9 Å². The monoisotopic (exact) mass is 352 g/mol. The van der Waals surface area contributed by atoms with E-state index in [1.54, 1.807) is 25.2 Å². The molecule has 0 aliphatic heterocycles. The fourth-order valence-corrected chi connectivity index (χ4v) is 2.81. The van der Waals surface area contributed by atoms with Gasteiger partial charge in [-0.25, -0.2) is 4.98 Å². The van der Waals surface area contributed by atoms with Crippen LogP contribution in [-0.2, 0) is 6.32 Å². The summed E-state index contributed by atoms with van der Waals surface area (Å²) in [6.07, 6.45) is 2.66. The molecule has 2 heterocycles. The minimum atomic E-state index is -0.252. The maximum atomic E-state index is 12.7. The molecule has 0 radical (unpaired) electrons. The first-order valence-corrected chi connectivity index (χ1v) is 8.36. The molecule has 0 spiro atoms. The second-order valence-electron chi connectivity index (χ2n) is 5.57.